The van der Waals surface area contributed by atoms with Crippen LogP contribution in [0.15, 0.2) is 30.6 Å². The molecule has 1 atom stereocenters. The Morgan fingerprint density at radius 1 is 1.35 bits per heavy atom. The van der Waals surface area contributed by atoms with Crippen LogP contribution in [0.5, 0.6) is 0 Å². The minimum absolute atomic E-state index is 0.176. The smallest absolute Gasteiger partial charge is 0.138 e. The van der Waals surface area contributed by atoms with Crippen LogP contribution in [0.1, 0.15) is 24.7 Å². The standard InChI is InChI=1S/C15H19BrFN3/c1-2-6-20-15(18-11-19-20)9-13(10-16)7-12-4-3-5-14(17)8-12/h3-5,8,11,13H,2,6-7,9-10H2,1H3. The molecule has 1 unspecified atom stereocenters. The second kappa shape index (κ2) is 7.53. The minimum Gasteiger partial charge on any atom is -0.250 e. The van der Waals surface area contributed by atoms with Crippen molar-refractivity contribution in [2.24, 2.45) is 5.92 Å². The molecule has 0 spiro atoms. The summed E-state index contributed by atoms with van der Waals surface area (Å²) in [6.07, 6.45) is 4.33. The number of hydrogen-bond donors (Lipinski definition) is 0. The van der Waals surface area contributed by atoms with Crippen LogP contribution in [-0.4, -0.2) is 20.1 Å². The zero-order valence-corrected chi connectivity index (χ0v) is 13.2. The van der Waals surface area contributed by atoms with E-state index in [0.717, 1.165) is 42.5 Å². The van der Waals surface area contributed by atoms with Crippen LogP contribution in [0.3, 0.4) is 0 Å². The zero-order valence-electron chi connectivity index (χ0n) is 11.6. The highest BCUT2D eigenvalue weighted by molar-refractivity contribution is 9.09. The van der Waals surface area contributed by atoms with Gasteiger partial charge in [-0.2, -0.15) is 5.10 Å². The van der Waals surface area contributed by atoms with Crippen molar-refractivity contribution < 1.29 is 4.39 Å². The summed E-state index contributed by atoms with van der Waals surface area (Å²) in [5, 5.41) is 5.11. The van der Waals surface area contributed by atoms with Crippen molar-refractivity contribution >= 4 is 15.9 Å². The van der Waals surface area contributed by atoms with Crippen molar-refractivity contribution in [3.05, 3.63) is 47.8 Å². The fraction of sp³-hybridized carbons (Fsp3) is 0.467. The molecule has 0 N–H and O–H groups in total. The van der Waals surface area contributed by atoms with E-state index < -0.39 is 0 Å². The van der Waals surface area contributed by atoms with Gasteiger partial charge in [0, 0.05) is 18.3 Å². The fourth-order valence-electron chi connectivity index (χ4n) is 2.28. The average Bonchev–Trinajstić information content (AvgIpc) is 2.86. The number of nitrogens with zero attached hydrogens (tertiary/aromatic N) is 3. The van der Waals surface area contributed by atoms with Gasteiger partial charge in [-0.1, -0.05) is 35.0 Å². The Morgan fingerprint density at radius 3 is 2.90 bits per heavy atom. The number of hydrogen-bond acceptors (Lipinski definition) is 2. The predicted molar refractivity (Wildman–Crippen MR) is 81.4 cm³/mol. The van der Waals surface area contributed by atoms with Crippen LogP contribution in [0.4, 0.5) is 4.39 Å². The van der Waals surface area contributed by atoms with Gasteiger partial charge in [-0.15, -0.1) is 0 Å². The van der Waals surface area contributed by atoms with E-state index in [1.807, 2.05) is 10.7 Å². The minimum atomic E-state index is -0.176. The number of aryl methyl sites for hydroxylation is 1. The van der Waals surface area contributed by atoms with Gasteiger partial charge in [0.25, 0.3) is 0 Å². The summed E-state index contributed by atoms with van der Waals surface area (Å²) in [6, 6.07) is 6.81. The maximum atomic E-state index is 13.2. The Balaban J connectivity index is 2.03. The summed E-state index contributed by atoms with van der Waals surface area (Å²) in [5.74, 6) is 1.22. The highest BCUT2D eigenvalue weighted by Gasteiger charge is 2.14. The summed E-state index contributed by atoms with van der Waals surface area (Å²) in [5.41, 5.74) is 1.02. The van der Waals surface area contributed by atoms with Crippen molar-refractivity contribution in [1.29, 1.82) is 0 Å². The monoisotopic (exact) mass is 339 g/mol. The molecule has 0 saturated carbocycles. The Bertz CT molecular complexity index is 541. The molecule has 0 aliphatic carbocycles. The molecule has 108 valence electrons. The van der Waals surface area contributed by atoms with E-state index in [0.29, 0.717) is 5.92 Å². The van der Waals surface area contributed by atoms with E-state index in [2.05, 4.69) is 32.9 Å². The Hall–Kier alpha value is -1.23. The van der Waals surface area contributed by atoms with Gasteiger partial charge in [0.15, 0.2) is 0 Å². The van der Waals surface area contributed by atoms with Gasteiger partial charge in [-0.3, -0.25) is 4.68 Å². The molecule has 0 amide bonds. The van der Waals surface area contributed by atoms with Crippen LogP contribution in [0, 0.1) is 11.7 Å². The van der Waals surface area contributed by atoms with Crippen molar-refractivity contribution in [2.45, 2.75) is 32.7 Å². The van der Waals surface area contributed by atoms with Crippen molar-refractivity contribution in [3.8, 4) is 0 Å². The lowest BCUT2D eigenvalue weighted by Gasteiger charge is -2.14. The van der Waals surface area contributed by atoms with Gasteiger partial charge in [0.2, 0.25) is 0 Å². The van der Waals surface area contributed by atoms with Crippen LogP contribution >= 0.6 is 15.9 Å². The van der Waals surface area contributed by atoms with Gasteiger partial charge in [-0.05, 0) is 36.5 Å². The molecular weight excluding hydrogens is 321 g/mol. The molecule has 0 aliphatic rings. The van der Waals surface area contributed by atoms with Crippen LogP contribution in [-0.2, 0) is 19.4 Å². The Morgan fingerprint density at radius 2 is 2.20 bits per heavy atom. The van der Waals surface area contributed by atoms with Gasteiger partial charge >= 0.3 is 0 Å². The lowest BCUT2D eigenvalue weighted by molar-refractivity contribution is 0.510. The molecule has 1 aromatic heterocycles. The van der Waals surface area contributed by atoms with Crippen LogP contribution in [0.2, 0.25) is 0 Å². The SMILES string of the molecule is CCCn1ncnc1CC(CBr)Cc1cccc(F)c1. The molecule has 2 aromatic rings. The number of aromatic nitrogens is 3. The third-order valence-electron chi connectivity index (χ3n) is 3.23. The van der Waals surface area contributed by atoms with E-state index in [1.54, 1.807) is 18.5 Å². The molecule has 0 aliphatic heterocycles. The second-order valence-electron chi connectivity index (χ2n) is 4.96. The van der Waals surface area contributed by atoms with Crippen molar-refractivity contribution in [3.63, 3.8) is 0 Å². The normalized spacial score (nSPS) is 12.6. The molecule has 3 nitrogen and oxygen atoms in total. The van der Waals surface area contributed by atoms with Gasteiger partial charge in [-0.25, -0.2) is 9.37 Å². The van der Waals surface area contributed by atoms with Crippen LogP contribution in [0.25, 0.3) is 0 Å². The van der Waals surface area contributed by atoms with Gasteiger partial charge in [0.1, 0.15) is 18.0 Å². The summed E-state index contributed by atoms with van der Waals surface area (Å²) in [6.45, 7) is 3.02. The molecule has 0 radical (unpaired) electrons. The molecule has 0 bridgehead atoms. The molecule has 2 rings (SSSR count). The Kier molecular flexibility index (Phi) is 5.71. The van der Waals surface area contributed by atoms with Crippen molar-refractivity contribution in [2.75, 3.05) is 5.33 Å². The fourth-order valence-corrected chi connectivity index (χ4v) is 2.74. The lowest BCUT2D eigenvalue weighted by Crippen LogP contribution is -2.15. The molecule has 5 heteroatoms. The van der Waals surface area contributed by atoms with Gasteiger partial charge < -0.3 is 0 Å². The van der Waals surface area contributed by atoms with E-state index in [-0.39, 0.29) is 5.82 Å². The number of halogens is 2. The summed E-state index contributed by atoms with van der Waals surface area (Å²) >= 11 is 3.55. The molecule has 1 aromatic carbocycles. The van der Waals surface area contributed by atoms with E-state index in [1.165, 1.54) is 6.07 Å². The molecular formula is C15H19BrFN3. The first-order valence-electron chi connectivity index (χ1n) is 6.90. The summed E-state index contributed by atoms with van der Waals surface area (Å²) < 4.78 is 15.2. The summed E-state index contributed by atoms with van der Waals surface area (Å²) in [4.78, 5) is 4.34. The predicted octanol–water partition coefficient (Wildman–Crippen LogP) is 3.62. The van der Waals surface area contributed by atoms with Gasteiger partial charge in [0.05, 0.1) is 0 Å². The first-order chi connectivity index (χ1) is 9.72. The first kappa shape index (κ1) is 15.2. The number of alkyl halides is 1. The van der Waals surface area contributed by atoms with E-state index >= 15 is 0 Å². The highest BCUT2D eigenvalue weighted by Crippen LogP contribution is 2.17. The number of rotatable bonds is 7. The maximum absolute atomic E-state index is 13.2. The van der Waals surface area contributed by atoms with E-state index in [4.69, 9.17) is 0 Å². The molecule has 1 heterocycles. The quantitative estimate of drug-likeness (QED) is 0.721. The largest absolute Gasteiger partial charge is 0.250 e. The van der Waals surface area contributed by atoms with Crippen LogP contribution < -0.4 is 0 Å². The van der Waals surface area contributed by atoms with Crippen molar-refractivity contribution in [1.82, 2.24) is 14.8 Å². The molecule has 0 fully saturated rings. The molecule has 0 saturated heterocycles. The zero-order chi connectivity index (χ0) is 14.4. The third kappa shape index (κ3) is 4.13. The lowest BCUT2D eigenvalue weighted by atomic mass is 9.97. The summed E-state index contributed by atoms with van der Waals surface area (Å²) in [7, 11) is 0. The highest BCUT2D eigenvalue weighted by atomic mass is 79.9. The Labute approximate surface area is 127 Å². The third-order valence-corrected chi connectivity index (χ3v) is 4.15. The second-order valence-corrected chi connectivity index (χ2v) is 5.61. The number of benzene rings is 1. The average molecular weight is 340 g/mol. The maximum Gasteiger partial charge on any atom is 0.138 e. The first-order valence-corrected chi connectivity index (χ1v) is 8.02. The van der Waals surface area contributed by atoms with E-state index in [9.17, 15) is 4.39 Å². The molecule has 20 heavy (non-hydrogen) atoms. The topological polar surface area (TPSA) is 30.7 Å².